The lowest BCUT2D eigenvalue weighted by atomic mass is 10.0. The topological polar surface area (TPSA) is 68.5 Å². The average Bonchev–Trinajstić information content (AvgIpc) is 3.21. The average molecular weight is 412 g/mol. The van der Waals surface area contributed by atoms with Crippen LogP contribution >= 0.6 is 11.6 Å². The highest BCUT2D eigenvalue weighted by Gasteiger charge is 2.32. The van der Waals surface area contributed by atoms with Crippen molar-refractivity contribution in [3.05, 3.63) is 76.6 Å². The van der Waals surface area contributed by atoms with Gasteiger partial charge in [-0.3, -0.25) is 4.79 Å². The van der Waals surface area contributed by atoms with E-state index in [0.717, 1.165) is 30.6 Å². The quantitative estimate of drug-likeness (QED) is 0.609. The minimum absolute atomic E-state index is 0.0700. The Hall–Kier alpha value is -2.86. The number of halogens is 1. The number of likely N-dealkylation sites (tertiary alicyclic amines) is 1. The smallest absolute Gasteiger partial charge is 0.256 e. The number of nitrogens with zero attached hydrogens (tertiary/aromatic N) is 3. The van der Waals surface area contributed by atoms with Crippen LogP contribution in [0.25, 0.3) is 0 Å². The van der Waals surface area contributed by atoms with Gasteiger partial charge in [0.05, 0.1) is 18.9 Å². The summed E-state index contributed by atoms with van der Waals surface area (Å²) >= 11 is 6.07. The molecule has 1 fully saturated rings. The van der Waals surface area contributed by atoms with Crippen molar-refractivity contribution < 1.29 is 13.9 Å². The van der Waals surface area contributed by atoms with Gasteiger partial charge in [0.2, 0.25) is 11.8 Å². The van der Waals surface area contributed by atoms with Crippen LogP contribution in [0, 0.1) is 0 Å². The molecule has 0 N–H and O–H groups in total. The largest absolute Gasteiger partial charge is 0.481 e. The molecule has 29 heavy (non-hydrogen) atoms. The van der Waals surface area contributed by atoms with Crippen LogP contribution in [-0.2, 0) is 6.42 Å². The number of hydrogen-bond donors (Lipinski definition) is 0. The normalized spacial score (nSPS) is 16.6. The highest BCUT2D eigenvalue weighted by molar-refractivity contribution is 6.30. The van der Waals surface area contributed by atoms with Gasteiger partial charge >= 0.3 is 0 Å². The lowest BCUT2D eigenvalue weighted by Crippen LogP contribution is -2.38. The number of hydrogen-bond acceptors (Lipinski definition) is 5. The van der Waals surface area contributed by atoms with Crippen molar-refractivity contribution in [2.24, 2.45) is 0 Å². The zero-order valence-electron chi connectivity index (χ0n) is 16.2. The SMILES string of the molecule is COc1ccc(C(=O)N2CCCCC2c2ncc(Cc3cccc(Cl)c3)o2)cn1. The molecule has 4 rings (SSSR count). The van der Waals surface area contributed by atoms with Crippen LogP contribution in [0.4, 0.5) is 0 Å². The molecular weight excluding hydrogens is 390 g/mol. The second-order valence-corrected chi connectivity index (χ2v) is 7.51. The standard InChI is InChI=1S/C22H22ClN3O3/c1-28-20-9-8-16(13-24-20)22(27)26-10-3-2-7-19(26)21-25-14-18(29-21)12-15-5-4-6-17(23)11-15/h4-6,8-9,11,13-14,19H,2-3,7,10,12H2,1H3. The van der Waals surface area contributed by atoms with E-state index in [4.69, 9.17) is 20.8 Å². The van der Waals surface area contributed by atoms with Gasteiger partial charge in [0, 0.05) is 30.3 Å². The predicted octanol–water partition coefficient (Wildman–Crippen LogP) is 4.69. The highest BCUT2D eigenvalue weighted by Crippen LogP contribution is 2.32. The number of amides is 1. The third-order valence-electron chi connectivity index (χ3n) is 5.08. The summed E-state index contributed by atoms with van der Waals surface area (Å²) in [5.41, 5.74) is 1.59. The molecule has 2 aromatic heterocycles. The Morgan fingerprint density at radius 2 is 2.14 bits per heavy atom. The first kappa shape index (κ1) is 19.5. The van der Waals surface area contributed by atoms with Gasteiger partial charge in [-0.1, -0.05) is 23.7 Å². The van der Waals surface area contributed by atoms with E-state index in [1.807, 2.05) is 29.2 Å². The van der Waals surface area contributed by atoms with Crippen molar-refractivity contribution in [1.82, 2.24) is 14.9 Å². The van der Waals surface area contributed by atoms with Crippen LogP contribution in [0.3, 0.4) is 0 Å². The summed E-state index contributed by atoms with van der Waals surface area (Å²) < 4.78 is 11.1. The van der Waals surface area contributed by atoms with Crippen LogP contribution in [0.1, 0.15) is 52.9 Å². The van der Waals surface area contributed by atoms with E-state index >= 15 is 0 Å². The summed E-state index contributed by atoms with van der Waals surface area (Å²) in [5, 5.41) is 0.694. The summed E-state index contributed by atoms with van der Waals surface area (Å²) in [6, 6.07) is 10.9. The molecule has 3 aromatic rings. The Labute approximate surface area is 174 Å². The number of ether oxygens (including phenoxy) is 1. The maximum Gasteiger partial charge on any atom is 0.256 e. The van der Waals surface area contributed by atoms with Crippen molar-refractivity contribution in [2.75, 3.05) is 13.7 Å². The summed E-state index contributed by atoms with van der Waals surface area (Å²) in [4.78, 5) is 23.5. The number of aromatic nitrogens is 2. The van der Waals surface area contributed by atoms with Crippen molar-refractivity contribution in [3.8, 4) is 5.88 Å². The summed E-state index contributed by atoms with van der Waals surface area (Å²) in [6.07, 6.45) is 6.71. The first-order valence-corrected chi connectivity index (χ1v) is 10.0. The van der Waals surface area contributed by atoms with Crippen LogP contribution < -0.4 is 4.74 Å². The maximum absolute atomic E-state index is 13.1. The van der Waals surface area contributed by atoms with E-state index in [2.05, 4.69) is 9.97 Å². The minimum atomic E-state index is -0.175. The monoisotopic (exact) mass is 411 g/mol. The zero-order valence-corrected chi connectivity index (χ0v) is 16.9. The Bertz CT molecular complexity index is 987. The van der Waals surface area contributed by atoms with Crippen LogP contribution in [0.15, 0.2) is 53.2 Å². The van der Waals surface area contributed by atoms with Crippen LogP contribution in [0.5, 0.6) is 5.88 Å². The van der Waals surface area contributed by atoms with Crippen LogP contribution in [-0.4, -0.2) is 34.4 Å². The Kier molecular flexibility index (Phi) is 5.81. The van der Waals surface area contributed by atoms with Crippen molar-refractivity contribution >= 4 is 17.5 Å². The highest BCUT2D eigenvalue weighted by atomic mass is 35.5. The molecule has 1 aliphatic rings. The molecule has 1 saturated heterocycles. The van der Waals surface area contributed by atoms with E-state index in [9.17, 15) is 4.79 Å². The van der Waals surface area contributed by atoms with Gasteiger partial charge < -0.3 is 14.1 Å². The van der Waals surface area contributed by atoms with E-state index < -0.39 is 0 Å². The lowest BCUT2D eigenvalue weighted by Gasteiger charge is -2.33. The number of methoxy groups -OCH3 is 1. The summed E-state index contributed by atoms with van der Waals surface area (Å²) in [7, 11) is 1.55. The van der Waals surface area contributed by atoms with Gasteiger partial charge in [0.15, 0.2) is 0 Å². The number of carbonyl (C=O) groups excluding carboxylic acids is 1. The van der Waals surface area contributed by atoms with E-state index in [-0.39, 0.29) is 11.9 Å². The Balaban J connectivity index is 1.52. The molecule has 150 valence electrons. The number of benzene rings is 1. The molecule has 1 amide bonds. The second-order valence-electron chi connectivity index (χ2n) is 7.07. The van der Waals surface area contributed by atoms with Crippen molar-refractivity contribution in [1.29, 1.82) is 0 Å². The molecule has 0 spiro atoms. The van der Waals surface area contributed by atoms with Gasteiger partial charge in [-0.05, 0) is 43.0 Å². The van der Waals surface area contributed by atoms with Gasteiger partial charge in [-0.25, -0.2) is 9.97 Å². The molecule has 1 aromatic carbocycles. The van der Waals surface area contributed by atoms with Crippen molar-refractivity contribution in [2.45, 2.75) is 31.7 Å². The molecule has 1 atom stereocenters. The molecular formula is C22H22ClN3O3. The summed E-state index contributed by atoms with van der Waals surface area (Å²) in [5.74, 6) is 1.75. The maximum atomic E-state index is 13.1. The predicted molar refractivity (Wildman–Crippen MR) is 109 cm³/mol. The van der Waals surface area contributed by atoms with Crippen molar-refractivity contribution in [3.63, 3.8) is 0 Å². The molecule has 0 radical (unpaired) electrons. The fraction of sp³-hybridized carbons (Fsp3) is 0.318. The number of carbonyl (C=O) groups is 1. The molecule has 0 aliphatic carbocycles. The van der Waals surface area contributed by atoms with Gasteiger partial charge in [0.25, 0.3) is 5.91 Å². The zero-order chi connectivity index (χ0) is 20.2. The molecule has 6 nitrogen and oxygen atoms in total. The number of pyridine rings is 1. The van der Waals surface area contributed by atoms with E-state index in [1.165, 1.54) is 0 Å². The first-order valence-electron chi connectivity index (χ1n) is 9.64. The van der Waals surface area contributed by atoms with Gasteiger partial charge in [-0.15, -0.1) is 0 Å². The lowest BCUT2D eigenvalue weighted by molar-refractivity contribution is 0.0569. The van der Waals surface area contributed by atoms with E-state index in [0.29, 0.717) is 35.3 Å². The Morgan fingerprint density at radius 3 is 2.90 bits per heavy atom. The molecule has 3 heterocycles. The molecule has 0 saturated carbocycles. The molecule has 7 heteroatoms. The third kappa shape index (κ3) is 4.43. The van der Waals surface area contributed by atoms with Gasteiger partial charge in [0.1, 0.15) is 11.8 Å². The van der Waals surface area contributed by atoms with E-state index in [1.54, 1.807) is 31.6 Å². The second kappa shape index (κ2) is 8.66. The molecule has 0 bridgehead atoms. The minimum Gasteiger partial charge on any atom is -0.481 e. The number of piperidine rings is 1. The Morgan fingerprint density at radius 1 is 1.24 bits per heavy atom. The fourth-order valence-electron chi connectivity index (χ4n) is 3.63. The first-order chi connectivity index (χ1) is 14.1. The third-order valence-corrected chi connectivity index (χ3v) is 5.32. The number of oxazole rings is 1. The fourth-order valence-corrected chi connectivity index (χ4v) is 3.84. The van der Waals surface area contributed by atoms with Gasteiger partial charge in [-0.2, -0.15) is 0 Å². The van der Waals surface area contributed by atoms with Crippen LogP contribution in [0.2, 0.25) is 5.02 Å². The number of rotatable bonds is 5. The molecule has 1 aliphatic heterocycles. The summed E-state index contributed by atoms with van der Waals surface area (Å²) in [6.45, 7) is 0.668. The molecule has 1 unspecified atom stereocenters.